The molecule has 0 N–H and O–H groups in total. The molecule has 0 aromatic heterocycles. The molecule has 0 radical (unpaired) electrons. The van der Waals surface area contributed by atoms with Gasteiger partial charge >= 0.3 is 0 Å². The van der Waals surface area contributed by atoms with Gasteiger partial charge in [0, 0.05) is 12.8 Å². The van der Waals surface area contributed by atoms with Crippen LogP contribution in [0.3, 0.4) is 0 Å². The van der Waals surface area contributed by atoms with Crippen LogP contribution in [-0.4, -0.2) is 5.78 Å². The van der Waals surface area contributed by atoms with Gasteiger partial charge in [0.05, 0.1) is 0 Å². The number of hydrogen-bond donors (Lipinski definition) is 0. The molecule has 1 unspecified atom stereocenters. The maximum Gasteiger partial charge on any atom is 0.133 e. The number of hydrogen-bond acceptors (Lipinski definition) is 1. The molecule has 0 aliphatic carbocycles. The monoisotopic (exact) mass is 154 g/mol. The molecule has 0 aromatic carbocycles. The Labute approximate surface area is 69.5 Å². The Hall–Kier alpha value is -0.590. The molecule has 0 aliphatic heterocycles. The number of allylic oxidation sites excluding steroid dienone is 2. The Bertz CT molecular complexity index is 136. The first-order valence-electron chi connectivity index (χ1n) is 4.35. The Kier molecular flexibility index (Phi) is 5.81. The highest BCUT2D eigenvalue weighted by atomic mass is 16.1. The zero-order valence-corrected chi connectivity index (χ0v) is 7.76. The van der Waals surface area contributed by atoms with Gasteiger partial charge in [0.1, 0.15) is 5.78 Å². The van der Waals surface area contributed by atoms with Crippen LogP contribution in [0.1, 0.15) is 40.0 Å². The van der Waals surface area contributed by atoms with E-state index in [0.717, 1.165) is 12.8 Å². The van der Waals surface area contributed by atoms with Gasteiger partial charge in [0.25, 0.3) is 0 Å². The van der Waals surface area contributed by atoms with E-state index in [0.29, 0.717) is 18.1 Å². The molecular weight excluding hydrogens is 136 g/mol. The highest BCUT2D eigenvalue weighted by Gasteiger charge is 2.03. The molecule has 1 atom stereocenters. The normalized spacial score (nSPS) is 13.7. The van der Waals surface area contributed by atoms with E-state index in [1.54, 1.807) is 0 Å². The van der Waals surface area contributed by atoms with Gasteiger partial charge < -0.3 is 0 Å². The summed E-state index contributed by atoms with van der Waals surface area (Å²) in [7, 11) is 0. The Morgan fingerprint density at radius 1 is 1.55 bits per heavy atom. The number of carbonyl (C=O) groups excluding carboxylic acids is 1. The van der Waals surface area contributed by atoms with Crippen molar-refractivity contribution >= 4 is 5.78 Å². The first-order valence-corrected chi connectivity index (χ1v) is 4.35. The van der Waals surface area contributed by atoms with E-state index in [-0.39, 0.29) is 0 Å². The van der Waals surface area contributed by atoms with E-state index in [9.17, 15) is 4.79 Å². The predicted octanol–water partition coefficient (Wildman–Crippen LogP) is 2.96. The molecule has 0 heterocycles. The number of carbonyl (C=O) groups is 1. The van der Waals surface area contributed by atoms with E-state index in [4.69, 9.17) is 0 Å². The van der Waals surface area contributed by atoms with Crippen LogP contribution in [0.4, 0.5) is 0 Å². The SMILES string of the molecule is CC=CC(C)CC(=O)CCC. The topological polar surface area (TPSA) is 17.1 Å². The summed E-state index contributed by atoms with van der Waals surface area (Å²) in [6, 6.07) is 0. The molecule has 0 amide bonds. The Morgan fingerprint density at radius 2 is 2.18 bits per heavy atom. The molecule has 0 bridgehead atoms. The van der Waals surface area contributed by atoms with Gasteiger partial charge in [-0.05, 0) is 19.3 Å². The van der Waals surface area contributed by atoms with E-state index in [1.807, 2.05) is 19.9 Å². The fourth-order valence-electron chi connectivity index (χ4n) is 1.14. The Morgan fingerprint density at radius 3 is 2.64 bits per heavy atom. The van der Waals surface area contributed by atoms with Crippen LogP contribution >= 0.6 is 0 Å². The van der Waals surface area contributed by atoms with Crippen molar-refractivity contribution in [1.29, 1.82) is 0 Å². The second-order valence-corrected chi connectivity index (χ2v) is 3.00. The van der Waals surface area contributed by atoms with Gasteiger partial charge in [-0.2, -0.15) is 0 Å². The molecule has 11 heavy (non-hydrogen) atoms. The van der Waals surface area contributed by atoms with E-state index in [2.05, 4.69) is 13.0 Å². The van der Waals surface area contributed by atoms with Crippen molar-refractivity contribution in [3.05, 3.63) is 12.2 Å². The minimum Gasteiger partial charge on any atom is -0.300 e. The maximum absolute atomic E-state index is 11.1. The van der Waals surface area contributed by atoms with Gasteiger partial charge in [-0.3, -0.25) is 4.79 Å². The van der Waals surface area contributed by atoms with Gasteiger partial charge in [-0.1, -0.05) is 26.0 Å². The molecule has 0 saturated heterocycles. The van der Waals surface area contributed by atoms with Gasteiger partial charge in [0.2, 0.25) is 0 Å². The summed E-state index contributed by atoms with van der Waals surface area (Å²) in [6.45, 7) is 6.10. The number of rotatable bonds is 5. The quantitative estimate of drug-likeness (QED) is 0.556. The summed E-state index contributed by atoms with van der Waals surface area (Å²) in [5, 5.41) is 0. The summed E-state index contributed by atoms with van der Waals surface area (Å²) in [4.78, 5) is 11.1. The molecule has 0 fully saturated rings. The second kappa shape index (κ2) is 6.14. The standard InChI is InChI=1S/C10H18O/c1-4-6-9(3)8-10(11)7-5-2/h4,6,9H,5,7-8H2,1-3H3. The van der Waals surface area contributed by atoms with Gasteiger partial charge in [-0.25, -0.2) is 0 Å². The van der Waals surface area contributed by atoms with Crippen LogP contribution in [-0.2, 0) is 4.79 Å². The zero-order chi connectivity index (χ0) is 8.69. The first kappa shape index (κ1) is 10.4. The average Bonchev–Trinajstić information content (AvgIpc) is 1.87. The first-order chi connectivity index (χ1) is 5.20. The van der Waals surface area contributed by atoms with Crippen molar-refractivity contribution in [2.45, 2.75) is 40.0 Å². The maximum atomic E-state index is 11.1. The van der Waals surface area contributed by atoms with Crippen LogP contribution in [0.25, 0.3) is 0 Å². The highest BCUT2D eigenvalue weighted by Crippen LogP contribution is 2.06. The lowest BCUT2D eigenvalue weighted by Crippen LogP contribution is -2.02. The largest absolute Gasteiger partial charge is 0.300 e. The highest BCUT2D eigenvalue weighted by molar-refractivity contribution is 5.78. The lowest BCUT2D eigenvalue weighted by molar-refractivity contribution is -0.119. The van der Waals surface area contributed by atoms with Crippen LogP contribution < -0.4 is 0 Å². The second-order valence-electron chi connectivity index (χ2n) is 3.00. The third kappa shape index (κ3) is 5.84. The third-order valence-electron chi connectivity index (χ3n) is 1.60. The molecule has 0 aromatic rings. The molecule has 0 aliphatic rings. The van der Waals surface area contributed by atoms with Crippen molar-refractivity contribution in [3.63, 3.8) is 0 Å². The molecule has 1 nitrogen and oxygen atoms in total. The molecule has 0 saturated carbocycles. The molecule has 0 spiro atoms. The molecule has 64 valence electrons. The third-order valence-corrected chi connectivity index (χ3v) is 1.60. The van der Waals surface area contributed by atoms with Crippen molar-refractivity contribution in [2.24, 2.45) is 5.92 Å². The molecule has 0 rings (SSSR count). The van der Waals surface area contributed by atoms with Crippen LogP contribution in [0.5, 0.6) is 0 Å². The predicted molar refractivity (Wildman–Crippen MR) is 48.5 cm³/mol. The summed E-state index contributed by atoms with van der Waals surface area (Å²) in [5.74, 6) is 0.803. The van der Waals surface area contributed by atoms with Crippen LogP contribution in [0, 0.1) is 5.92 Å². The Balaban J connectivity index is 3.57. The van der Waals surface area contributed by atoms with E-state index >= 15 is 0 Å². The number of ketones is 1. The van der Waals surface area contributed by atoms with Crippen molar-refractivity contribution < 1.29 is 4.79 Å². The average molecular weight is 154 g/mol. The summed E-state index contributed by atoms with van der Waals surface area (Å²) in [5.41, 5.74) is 0. The minimum absolute atomic E-state index is 0.387. The lowest BCUT2D eigenvalue weighted by atomic mass is 10.0. The summed E-state index contributed by atoms with van der Waals surface area (Å²) >= 11 is 0. The number of Topliss-reactive ketones (excluding diaryl/α,β-unsaturated/α-hetero) is 1. The summed E-state index contributed by atoms with van der Waals surface area (Å²) in [6.07, 6.45) is 6.50. The lowest BCUT2D eigenvalue weighted by Gasteiger charge is -2.02. The van der Waals surface area contributed by atoms with Crippen molar-refractivity contribution in [2.75, 3.05) is 0 Å². The zero-order valence-electron chi connectivity index (χ0n) is 7.76. The van der Waals surface area contributed by atoms with Crippen molar-refractivity contribution in [3.8, 4) is 0 Å². The van der Waals surface area contributed by atoms with Crippen molar-refractivity contribution in [1.82, 2.24) is 0 Å². The van der Waals surface area contributed by atoms with Gasteiger partial charge in [0.15, 0.2) is 0 Å². The van der Waals surface area contributed by atoms with Gasteiger partial charge in [-0.15, -0.1) is 0 Å². The van der Waals surface area contributed by atoms with E-state index < -0.39 is 0 Å². The molecule has 1 heteroatoms. The fourth-order valence-corrected chi connectivity index (χ4v) is 1.14. The smallest absolute Gasteiger partial charge is 0.133 e. The summed E-state index contributed by atoms with van der Waals surface area (Å²) < 4.78 is 0. The van der Waals surface area contributed by atoms with E-state index in [1.165, 1.54) is 0 Å². The van der Waals surface area contributed by atoms with Crippen LogP contribution in [0.2, 0.25) is 0 Å². The fraction of sp³-hybridized carbons (Fsp3) is 0.700. The minimum atomic E-state index is 0.387. The van der Waals surface area contributed by atoms with Crippen LogP contribution in [0.15, 0.2) is 12.2 Å². The molecular formula is C10H18O.